The van der Waals surface area contributed by atoms with E-state index in [-0.39, 0.29) is 5.92 Å². The van der Waals surface area contributed by atoms with Crippen LogP contribution in [-0.2, 0) is 23.2 Å². The third-order valence-electron chi connectivity index (χ3n) is 4.70. The van der Waals surface area contributed by atoms with Crippen molar-refractivity contribution in [3.05, 3.63) is 30.5 Å². The van der Waals surface area contributed by atoms with Gasteiger partial charge in [-0.05, 0) is 32.1 Å². The van der Waals surface area contributed by atoms with E-state index in [1.165, 1.54) is 4.31 Å². The van der Waals surface area contributed by atoms with Crippen LogP contribution in [0.2, 0.25) is 0 Å². The average Bonchev–Trinajstić information content (AvgIpc) is 3.11. The molecule has 1 saturated heterocycles. The first-order valence-corrected chi connectivity index (χ1v) is 10.3. The quantitative estimate of drug-likeness (QED) is 0.759. The van der Waals surface area contributed by atoms with Gasteiger partial charge in [0.1, 0.15) is 0 Å². The summed E-state index contributed by atoms with van der Waals surface area (Å²) >= 11 is 0. The fraction of sp³-hybridized carbons (Fsp3) is 0.588. The Labute approximate surface area is 155 Å². The molecule has 0 unspecified atom stereocenters. The van der Waals surface area contributed by atoms with Gasteiger partial charge in [0.25, 0.3) is 10.2 Å². The summed E-state index contributed by atoms with van der Waals surface area (Å²) in [7, 11) is -0.209. The van der Waals surface area contributed by atoms with Crippen molar-refractivity contribution >= 4 is 10.2 Å². The number of aryl methyl sites for hydroxylation is 1. The van der Waals surface area contributed by atoms with Gasteiger partial charge in [-0.25, -0.2) is 4.98 Å². The predicted molar refractivity (Wildman–Crippen MR) is 99.5 cm³/mol. The van der Waals surface area contributed by atoms with Crippen molar-refractivity contribution in [2.75, 3.05) is 27.2 Å². The maximum Gasteiger partial charge on any atom is 0.281 e. The first-order valence-electron chi connectivity index (χ1n) is 8.91. The minimum Gasteiger partial charge on any atom is -0.272 e. The average molecular weight is 379 g/mol. The number of hydrogen-bond acceptors (Lipinski definition) is 5. The highest BCUT2D eigenvalue weighted by molar-refractivity contribution is 7.86. The van der Waals surface area contributed by atoms with Crippen LogP contribution in [0.1, 0.15) is 25.5 Å². The molecule has 0 radical (unpaired) electrons. The molecule has 1 aliphatic heterocycles. The Morgan fingerprint density at radius 1 is 1.27 bits per heavy atom. The first-order chi connectivity index (χ1) is 12.4. The molecule has 0 bridgehead atoms. The van der Waals surface area contributed by atoms with Crippen LogP contribution >= 0.6 is 0 Å². The minimum absolute atomic E-state index is 0.251. The third-order valence-corrected chi connectivity index (χ3v) is 6.61. The van der Waals surface area contributed by atoms with E-state index in [0.717, 1.165) is 42.8 Å². The van der Waals surface area contributed by atoms with Gasteiger partial charge >= 0.3 is 0 Å². The lowest BCUT2D eigenvalue weighted by atomic mass is 9.95. The van der Waals surface area contributed by atoms with E-state index < -0.39 is 10.2 Å². The number of aromatic nitrogens is 4. The van der Waals surface area contributed by atoms with Gasteiger partial charge in [0.05, 0.1) is 23.8 Å². The molecule has 142 valence electrons. The summed E-state index contributed by atoms with van der Waals surface area (Å²) in [6.45, 7) is 3.96. The Morgan fingerprint density at radius 3 is 2.77 bits per heavy atom. The third kappa shape index (κ3) is 4.11. The number of piperidine rings is 1. The maximum absolute atomic E-state index is 12.4. The van der Waals surface area contributed by atoms with Crippen molar-refractivity contribution in [2.45, 2.75) is 32.7 Å². The molecule has 1 fully saturated rings. The number of rotatable bonds is 6. The molecule has 2 aromatic heterocycles. The van der Waals surface area contributed by atoms with Gasteiger partial charge in [-0.3, -0.25) is 9.67 Å². The molecule has 3 rings (SSSR count). The second-order valence-corrected chi connectivity index (χ2v) is 8.98. The van der Waals surface area contributed by atoms with Crippen LogP contribution in [0.25, 0.3) is 11.3 Å². The van der Waals surface area contributed by atoms with Gasteiger partial charge in [-0.2, -0.15) is 22.1 Å². The van der Waals surface area contributed by atoms with Crippen LogP contribution in [0.3, 0.4) is 0 Å². The predicted octanol–water partition coefficient (Wildman–Crippen LogP) is 1.42. The van der Waals surface area contributed by atoms with Gasteiger partial charge in [0.15, 0.2) is 0 Å². The SMILES string of the molecule is CCn1cc(-c2cncc(C[C@H]3CCCN(S(=O)(=O)N(C)C)C3)n2)cn1. The Hall–Kier alpha value is -1.84. The second-order valence-electron chi connectivity index (χ2n) is 6.84. The lowest BCUT2D eigenvalue weighted by molar-refractivity contribution is 0.253. The van der Waals surface area contributed by atoms with Crippen molar-refractivity contribution in [2.24, 2.45) is 5.92 Å². The van der Waals surface area contributed by atoms with E-state index >= 15 is 0 Å². The molecule has 0 saturated carbocycles. The molecule has 2 aromatic rings. The summed E-state index contributed by atoms with van der Waals surface area (Å²) in [4.78, 5) is 9.03. The van der Waals surface area contributed by atoms with Gasteiger partial charge in [-0.1, -0.05) is 0 Å². The molecule has 0 spiro atoms. The van der Waals surface area contributed by atoms with E-state index in [9.17, 15) is 8.42 Å². The first kappa shape index (κ1) is 18.9. The van der Waals surface area contributed by atoms with Gasteiger partial charge < -0.3 is 0 Å². The Morgan fingerprint density at radius 2 is 2.08 bits per heavy atom. The minimum atomic E-state index is -3.36. The fourth-order valence-corrected chi connectivity index (χ4v) is 4.46. The summed E-state index contributed by atoms with van der Waals surface area (Å²) in [5, 5.41) is 4.28. The molecule has 3 heterocycles. The zero-order valence-corrected chi connectivity index (χ0v) is 16.4. The van der Waals surface area contributed by atoms with Crippen LogP contribution < -0.4 is 0 Å². The normalized spacial score (nSPS) is 19.2. The molecule has 0 aromatic carbocycles. The monoisotopic (exact) mass is 378 g/mol. The van der Waals surface area contributed by atoms with Gasteiger partial charge in [0.2, 0.25) is 0 Å². The van der Waals surface area contributed by atoms with Crippen LogP contribution in [0.4, 0.5) is 0 Å². The highest BCUT2D eigenvalue weighted by atomic mass is 32.2. The lowest BCUT2D eigenvalue weighted by Crippen LogP contribution is -2.45. The largest absolute Gasteiger partial charge is 0.281 e. The molecule has 0 amide bonds. The van der Waals surface area contributed by atoms with Crippen LogP contribution in [0.5, 0.6) is 0 Å². The van der Waals surface area contributed by atoms with E-state index in [1.54, 1.807) is 37.0 Å². The van der Waals surface area contributed by atoms with Crippen molar-refractivity contribution < 1.29 is 8.42 Å². The van der Waals surface area contributed by atoms with Crippen molar-refractivity contribution in [1.82, 2.24) is 28.4 Å². The molecular weight excluding hydrogens is 352 g/mol. The van der Waals surface area contributed by atoms with E-state index in [2.05, 4.69) is 10.1 Å². The fourth-order valence-electron chi connectivity index (χ4n) is 3.24. The molecular formula is C17H26N6O2S. The molecule has 1 aliphatic rings. The lowest BCUT2D eigenvalue weighted by Gasteiger charge is -2.33. The standard InChI is InChI=1S/C17H26N6O2S/c1-4-22-13-15(9-19-22)17-11-18-10-16(20-17)8-14-6-5-7-23(12-14)26(24,25)21(2)3/h9-11,13-14H,4-8,12H2,1-3H3/t14-/m1/s1. The van der Waals surface area contributed by atoms with Crippen molar-refractivity contribution in [3.63, 3.8) is 0 Å². The van der Waals surface area contributed by atoms with E-state index in [1.807, 2.05) is 17.8 Å². The Kier molecular flexibility index (Phi) is 5.69. The number of nitrogens with zero attached hydrogens (tertiary/aromatic N) is 6. The summed E-state index contributed by atoms with van der Waals surface area (Å²) in [5.74, 6) is 0.251. The Balaban J connectivity index is 1.72. The van der Waals surface area contributed by atoms with Crippen LogP contribution in [-0.4, -0.2) is 64.0 Å². The summed E-state index contributed by atoms with van der Waals surface area (Å²) in [6.07, 6.45) is 9.86. The molecule has 9 heteroatoms. The molecule has 0 aliphatic carbocycles. The van der Waals surface area contributed by atoms with Gasteiger partial charge in [-0.15, -0.1) is 0 Å². The van der Waals surface area contributed by atoms with Gasteiger partial charge in [0, 0.05) is 51.7 Å². The summed E-state index contributed by atoms with van der Waals surface area (Å²) < 4.78 is 29.4. The van der Waals surface area contributed by atoms with E-state index in [4.69, 9.17) is 4.98 Å². The topological polar surface area (TPSA) is 84.2 Å². The van der Waals surface area contributed by atoms with Crippen molar-refractivity contribution in [3.8, 4) is 11.3 Å². The zero-order valence-electron chi connectivity index (χ0n) is 15.5. The molecule has 1 atom stereocenters. The number of hydrogen-bond donors (Lipinski definition) is 0. The maximum atomic E-state index is 12.4. The van der Waals surface area contributed by atoms with E-state index in [0.29, 0.717) is 13.1 Å². The zero-order chi connectivity index (χ0) is 18.7. The van der Waals surface area contributed by atoms with Crippen molar-refractivity contribution in [1.29, 1.82) is 0 Å². The Bertz CT molecular complexity index is 848. The highest BCUT2D eigenvalue weighted by Crippen LogP contribution is 2.24. The molecule has 8 nitrogen and oxygen atoms in total. The van der Waals surface area contributed by atoms with Crippen LogP contribution in [0, 0.1) is 5.92 Å². The highest BCUT2D eigenvalue weighted by Gasteiger charge is 2.30. The molecule has 26 heavy (non-hydrogen) atoms. The smallest absolute Gasteiger partial charge is 0.272 e. The second kappa shape index (κ2) is 7.81. The molecule has 0 N–H and O–H groups in total. The summed E-state index contributed by atoms with van der Waals surface area (Å²) in [5.41, 5.74) is 2.64. The van der Waals surface area contributed by atoms with Crippen LogP contribution in [0.15, 0.2) is 24.8 Å². The summed E-state index contributed by atoms with van der Waals surface area (Å²) in [6, 6.07) is 0.